The number of esters is 1. The fourth-order valence-corrected chi connectivity index (χ4v) is 10.5. The second-order valence-electron chi connectivity index (χ2n) is 22.8. The first-order valence-corrected chi connectivity index (χ1v) is 32.9. The fraction of sp³-hybridized carbons (Fsp3) is 0.939. The van der Waals surface area contributed by atoms with Crippen molar-refractivity contribution in [2.45, 2.75) is 386 Å². The number of allylic oxidation sites excluding steroid dienone is 2. The second-order valence-corrected chi connectivity index (χ2v) is 22.8. The number of aliphatic hydroxyl groups excluding tert-OH is 2. The highest BCUT2D eigenvalue weighted by atomic mass is 16.5. The number of hydrogen-bond acceptors (Lipinski definition) is 5. The number of ether oxygens (including phenoxy) is 1. The molecule has 2 atom stereocenters. The number of amides is 1. The quantitative estimate of drug-likeness (QED) is 0.0320. The summed E-state index contributed by atoms with van der Waals surface area (Å²) < 4.78 is 5.49. The van der Waals surface area contributed by atoms with Gasteiger partial charge in [-0.25, -0.2) is 0 Å². The van der Waals surface area contributed by atoms with Gasteiger partial charge >= 0.3 is 5.97 Å². The normalized spacial score (nSPS) is 12.6. The Morgan fingerprint density at radius 2 is 0.653 bits per heavy atom. The van der Waals surface area contributed by atoms with Crippen LogP contribution in [0.5, 0.6) is 0 Å². The minimum absolute atomic E-state index is 0.0207. The molecule has 0 aromatic rings. The lowest BCUT2D eigenvalue weighted by atomic mass is 10.0. The lowest BCUT2D eigenvalue weighted by Crippen LogP contribution is -2.45. The van der Waals surface area contributed by atoms with E-state index in [2.05, 4.69) is 31.3 Å². The SMILES string of the molecule is CCCCCCCCCCCCCCCC(=O)OCCCCCCCCCCCCCC/C=C\CCCCCCCCCCCCCCCCCCCC(=O)NC(CO)C(O)CCCCCCCCCCC. The average Bonchev–Trinajstić information content (AvgIpc) is 3.38. The third kappa shape index (κ3) is 57.9. The smallest absolute Gasteiger partial charge is 0.305 e. The number of carbonyl (C=O) groups excluding carboxylic acids is 2. The molecule has 0 spiro atoms. The molecule has 2 unspecified atom stereocenters. The Kier molecular flexibility index (Phi) is 60.9. The highest BCUT2D eigenvalue weighted by molar-refractivity contribution is 5.76. The van der Waals surface area contributed by atoms with E-state index in [1.165, 1.54) is 302 Å². The highest BCUT2D eigenvalue weighted by Gasteiger charge is 2.20. The van der Waals surface area contributed by atoms with E-state index in [0.29, 0.717) is 25.9 Å². The Hall–Kier alpha value is -1.40. The molecule has 0 aromatic heterocycles. The summed E-state index contributed by atoms with van der Waals surface area (Å²) in [6, 6.07) is -0.536. The molecule has 0 aliphatic carbocycles. The number of hydrogen-bond donors (Lipinski definition) is 3. The van der Waals surface area contributed by atoms with Crippen molar-refractivity contribution in [3.63, 3.8) is 0 Å². The summed E-state index contributed by atoms with van der Waals surface area (Å²) in [4.78, 5) is 24.5. The van der Waals surface area contributed by atoms with Gasteiger partial charge in [-0.3, -0.25) is 9.59 Å². The van der Waals surface area contributed by atoms with Crippen LogP contribution in [0.4, 0.5) is 0 Å². The number of rotatable bonds is 62. The molecule has 0 saturated carbocycles. The molecule has 3 N–H and O–H groups in total. The molecule has 1 amide bonds. The molecule has 428 valence electrons. The predicted molar refractivity (Wildman–Crippen MR) is 315 cm³/mol. The summed E-state index contributed by atoms with van der Waals surface area (Å²) >= 11 is 0. The van der Waals surface area contributed by atoms with Crippen molar-refractivity contribution in [2.75, 3.05) is 13.2 Å². The van der Waals surface area contributed by atoms with Crippen LogP contribution in [-0.4, -0.2) is 47.4 Å². The van der Waals surface area contributed by atoms with E-state index in [1.807, 2.05) is 0 Å². The van der Waals surface area contributed by atoms with Crippen LogP contribution in [0.15, 0.2) is 12.2 Å². The maximum absolute atomic E-state index is 12.4. The van der Waals surface area contributed by atoms with Crippen LogP contribution in [0.2, 0.25) is 0 Å². The Bertz CT molecular complexity index is 1080. The summed E-state index contributed by atoms with van der Waals surface area (Å²) in [7, 11) is 0. The molecule has 0 aliphatic heterocycles. The van der Waals surface area contributed by atoms with Crippen molar-refractivity contribution in [2.24, 2.45) is 0 Å². The van der Waals surface area contributed by atoms with Crippen LogP contribution in [-0.2, 0) is 14.3 Å². The van der Waals surface area contributed by atoms with Gasteiger partial charge in [-0.1, -0.05) is 321 Å². The fourth-order valence-electron chi connectivity index (χ4n) is 10.5. The molecule has 6 nitrogen and oxygen atoms in total. The number of nitrogens with one attached hydrogen (secondary N) is 1. The van der Waals surface area contributed by atoms with Gasteiger partial charge in [0.05, 0.1) is 25.4 Å². The topological polar surface area (TPSA) is 95.9 Å². The molecular weight excluding hydrogens is 887 g/mol. The zero-order valence-corrected chi connectivity index (χ0v) is 48.9. The minimum atomic E-state index is -0.659. The van der Waals surface area contributed by atoms with E-state index in [1.54, 1.807) is 0 Å². The number of aliphatic hydroxyl groups is 2. The predicted octanol–water partition coefficient (Wildman–Crippen LogP) is 20.8. The Balaban J connectivity index is 3.30. The number of carbonyl (C=O) groups is 2. The van der Waals surface area contributed by atoms with E-state index in [-0.39, 0.29) is 18.5 Å². The maximum atomic E-state index is 12.4. The van der Waals surface area contributed by atoms with Gasteiger partial charge in [0.2, 0.25) is 5.91 Å². The van der Waals surface area contributed by atoms with Gasteiger partial charge in [0.15, 0.2) is 0 Å². The standard InChI is InChI=1S/C66H129NO5/c1-3-5-7-9-11-13-14-36-40-44-48-52-56-60-66(71)72-61-57-53-49-45-41-38-35-33-31-29-27-25-23-21-19-17-15-16-18-20-22-24-26-28-30-32-34-37-39-43-47-51-55-59-65(70)67-63(62-68)64(69)58-54-50-46-42-12-10-8-6-4-2/h19,21,63-64,68-69H,3-18,20,22-62H2,1-2H3,(H,67,70)/b21-19-. The first-order chi connectivity index (χ1) is 35.5. The van der Waals surface area contributed by atoms with Crippen molar-refractivity contribution >= 4 is 11.9 Å². The van der Waals surface area contributed by atoms with Gasteiger partial charge in [0.25, 0.3) is 0 Å². The molecule has 0 rings (SSSR count). The van der Waals surface area contributed by atoms with Gasteiger partial charge in [0.1, 0.15) is 0 Å². The van der Waals surface area contributed by atoms with Gasteiger partial charge in [-0.05, 0) is 51.4 Å². The first kappa shape index (κ1) is 70.6. The van der Waals surface area contributed by atoms with Gasteiger partial charge in [-0.15, -0.1) is 0 Å². The molecule has 0 radical (unpaired) electrons. The maximum Gasteiger partial charge on any atom is 0.305 e. The van der Waals surface area contributed by atoms with Crippen LogP contribution >= 0.6 is 0 Å². The zero-order valence-electron chi connectivity index (χ0n) is 48.9. The second kappa shape index (κ2) is 62.1. The molecule has 0 aromatic carbocycles. The molecular formula is C66H129NO5. The largest absolute Gasteiger partial charge is 0.466 e. The molecule has 72 heavy (non-hydrogen) atoms. The number of unbranched alkanes of at least 4 members (excludes halogenated alkanes) is 49. The van der Waals surface area contributed by atoms with Crippen molar-refractivity contribution in [3.05, 3.63) is 12.2 Å². The van der Waals surface area contributed by atoms with Crippen LogP contribution < -0.4 is 5.32 Å². The van der Waals surface area contributed by atoms with Crippen molar-refractivity contribution in [1.82, 2.24) is 5.32 Å². The Labute approximate surface area is 450 Å². The van der Waals surface area contributed by atoms with Gasteiger partial charge in [-0.2, -0.15) is 0 Å². The molecule has 0 heterocycles. The molecule has 0 aliphatic rings. The molecule has 0 saturated heterocycles. The average molecular weight is 1020 g/mol. The van der Waals surface area contributed by atoms with Crippen LogP contribution in [0.3, 0.4) is 0 Å². The van der Waals surface area contributed by atoms with Crippen molar-refractivity contribution in [1.29, 1.82) is 0 Å². The summed E-state index contributed by atoms with van der Waals surface area (Å²) in [6.07, 6.45) is 75.5. The summed E-state index contributed by atoms with van der Waals surface area (Å²) in [6.45, 7) is 4.96. The monoisotopic (exact) mass is 1020 g/mol. The van der Waals surface area contributed by atoms with Crippen LogP contribution in [0.1, 0.15) is 373 Å². The van der Waals surface area contributed by atoms with Crippen LogP contribution in [0, 0.1) is 0 Å². The molecule has 0 fully saturated rings. The highest BCUT2D eigenvalue weighted by Crippen LogP contribution is 2.18. The van der Waals surface area contributed by atoms with Crippen molar-refractivity contribution < 1.29 is 24.5 Å². The Morgan fingerprint density at radius 1 is 0.375 bits per heavy atom. The van der Waals surface area contributed by atoms with E-state index in [4.69, 9.17) is 4.74 Å². The van der Waals surface area contributed by atoms with Crippen LogP contribution in [0.25, 0.3) is 0 Å². The lowest BCUT2D eigenvalue weighted by molar-refractivity contribution is -0.143. The first-order valence-electron chi connectivity index (χ1n) is 32.9. The van der Waals surface area contributed by atoms with E-state index >= 15 is 0 Å². The molecule has 6 heteroatoms. The van der Waals surface area contributed by atoms with E-state index < -0.39 is 12.1 Å². The van der Waals surface area contributed by atoms with Gasteiger partial charge < -0.3 is 20.3 Å². The zero-order chi connectivity index (χ0) is 52.2. The Morgan fingerprint density at radius 3 is 0.986 bits per heavy atom. The third-order valence-electron chi connectivity index (χ3n) is 15.6. The van der Waals surface area contributed by atoms with Gasteiger partial charge in [0, 0.05) is 12.8 Å². The lowest BCUT2D eigenvalue weighted by Gasteiger charge is -2.22. The van der Waals surface area contributed by atoms with E-state index in [0.717, 1.165) is 38.5 Å². The third-order valence-corrected chi connectivity index (χ3v) is 15.6. The summed E-state index contributed by atoms with van der Waals surface area (Å²) in [5.41, 5.74) is 0. The minimum Gasteiger partial charge on any atom is -0.466 e. The summed E-state index contributed by atoms with van der Waals surface area (Å²) in [5, 5.41) is 23.1. The summed E-state index contributed by atoms with van der Waals surface area (Å²) in [5.74, 6) is -0.0118. The molecule has 0 bridgehead atoms. The van der Waals surface area contributed by atoms with Crippen molar-refractivity contribution in [3.8, 4) is 0 Å². The van der Waals surface area contributed by atoms with E-state index in [9.17, 15) is 19.8 Å².